The highest BCUT2D eigenvalue weighted by Gasteiger charge is 2.23. The molecule has 0 unspecified atom stereocenters. The summed E-state index contributed by atoms with van der Waals surface area (Å²) in [5.41, 5.74) is 0.746. The van der Waals surface area contributed by atoms with Crippen LogP contribution in [-0.4, -0.2) is 0 Å². The second kappa shape index (κ2) is 4.35. The van der Waals surface area contributed by atoms with Crippen LogP contribution in [0.4, 0.5) is 4.39 Å². The van der Waals surface area contributed by atoms with Gasteiger partial charge in [-0.05, 0) is 17.0 Å². The van der Waals surface area contributed by atoms with Crippen LogP contribution in [0, 0.1) is 5.82 Å². The largest absolute Gasteiger partial charge is 0.206 e. The Kier molecular flexibility index (Phi) is 3.80. The molecule has 0 aliphatic heterocycles. The van der Waals surface area contributed by atoms with Crippen molar-refractivity contribution in [3.8, 4) is 0 Å². The third-order valence-corrected chi connectivity index (χ3v) is 3.77. The molecule has 0 saturated heterocycles. The van der Waals surface area contributed by atoms with Crippen molar-refractivity contribution in [2.75, 3.05) is 0 Å². The molecule has 4 heteroatoms. The Bertz CT molecular complexity index is 331. The Morgan fingerprint density at radius 2 is 1.79 bits per heavy atom. The summed E-state index contributed by atoms with van der Waals surface area (Å²) in [7, 11) is 0. The molecule has 1 aromatic carbocycles. The fraction of sp³-hybridized carbons (Fsp3) is 0.400. The number of halogens is 3. The molecule has 0 bridgehead atoms. The van der Waals surface area contributed by atoms with Crippen molar-refractivity contribution in [3.05, 3.63) is 29.6 Å². The van der Waals surface area contributed by atoms with Crippen LogP contribution in [0.3, 0.4) is 0 Å². The van der Waals surface area contributed by atoms with Crippen LogP contribution >= 0.6 is 29.1 Å². The lowest BCUT2D eigenvalue weighted by atomic mass is 9.87. The Morgan fingerprint density at radius 3 is 2.14 bits per heavy atom. The summed E-state index contributed by atoms with van der Waals surface area (Å²) in [4.78, 5) is 0. The van der Waals surface area contributed by atoms with E-state index in [0.717, 1.165) is 5.56 Å². The van der Waals surface area contributed by atoms with Crippen LogP contribution in [-0.2, 0) is 5.41 Å². The van der Waals surface area contributed by atoms with E-state index in [1.807, 2.05) is 26.8 Å². The number of rotatable bonds is 1. The first-order valence-corrected chi connectivity index (χ1v) is 7.40. The van der Waals surface area contributed by atoms with Gasteiger partial charge in [0, 0.05) is 5.30 Å². The van der Waals surface area contributed by atoms with Crippen molar-refractivity contribution in [2.45, 2.75) is 26.2 Å². The van der Waals surface area contributed by atoms with E-state index in [1.54, 1.807) is 6.07 Å². The van der Waals surface area contributed by atoms with Crippen LogP contribution in [0.2, 0.25) is 0 Å². The summed E-state index contributed by atoms with van der Waals surface area (Å²) in [5, 5.41) is 0.457. The fourth-order valence-corrected chi connectivity index (χ4v) is 3.15. The fourth-order valence-electron chi connectivity index (χ4n) is 1.29. The summed E-state index contributed by atoms with van der Waals surface area (Å²) in [6.07, 6.45) is 0. The lowest BCUT2D eigenvalue weighted by molar-refractivity contribution is 0.581. The molecule has 0 saturated carbocycles. The predicted molar refractivity (Wildman–Crippen MR) is 63.4 cm³/mol. The van der Waals surface area contributed by atoms with Crippen LogP contribution in [0.25, 0.3) is 0 Å². The van der Waals surface area contributed by atoms with Crippen molar-refractivity contribution in [1.29, 1.82) is 0 Å². The SMILES string of the molecule is CC(C)(C)c1cccc(F)c1P(Cl)Cl. The van der Waals surface area contributed by atoms with E-state index in [1.165, 1.54) is 6.07 Å². The maximum Gasteiger partial charge on any atom is 0.133 e. The first-order chi connectivity index (χ1) is 6.34. The molecule has 0 nitrogen and oxygen atoms in total. The zero-order valence-electron chi connectivity index (χ0n) is 8.31. The molecule has 0 aromatic heterocycles. The molecule has 0 heterocycles. The number of hydrogen-bond donors (Lipinski definition) is 0. The first kappa shape index (κ1) is 12.2. The third kappa shape index (κ3) is 2.59. The second-order valence-corrected chi connectivity index (χ2v) is 7.58. The highest BCUT2D eigenvalue weighted by molar-refractivity contribution is 8.08. The molecule has 0 spiro atoms. The van der Waals surface area contributed by atoms with Gasteiger partial charge in [0.1, 0.15) is 12.4 Å². The van der Waals surface area contributed by atoms with Crippen molar-refractivity contribution in [1.82, 2.24) is 0 Å². The minimum atomic E-state index is -1.43. The summed E-state index contributed by atoms with van der Waals surface area (Å²) in [6.45, 7) is 4.60. The average molecular weight is 253 g/mol. The quantitative estimate of drug-likeness (QED) is 0.644. The van der Waals surface area contributed by atoms with E-state index in [2.05, 4.69) is 0 Å². The minimum absolute atomic E-state index is 0.137. The lowest BCUT2D eigenvalue weighted by Crippen LogP contribution is -2.22. The van der Waals surface area contributed by atoms with Crippen molar-refractivity contribution in [3.63, 3.8) is 0 Å². The summed E-state index contributed by atoms with van der Waals surface area (Å²) in [6, 6.07) is 4.95. The zero-order chi connectivity index (χ0) is 10.9. The molecule has 0 aliphatic carbocycles. The molecule has 0 amide bonds. The van der Waals surface area contributed by atoms with Crippen molar-refractivity contribution in [2.24, 2.45) is 0 Å². The molecule has 1 rings (SSSR count). The Balaban J connectivity index is 3.36. The third-order valence-electron chi connectivity index (χ3n) is 1.96. The zero-order valence-corrected chi connectivity index (χ0v) is 10.7. The monoisotopic (exact) mass is 252 g/mol. The summed E-state index contributed by atoms with van der Waals surface area (Å²) in [5.74, 6) is -0.312. The maximum absolute atomic E-state index is 13.5. The van der Waals surface area contributed by atoms with Gasteiger partial charge in [0.05, 0.1) is 0 Å². The van der Waals surface area contributed by atoms with Gasteiger partial charge in [-0.3, -0.25) is 0 Å². The van der Waals surface area contributed by atoms with E-state index in [9.17, 15) is 4.39 Å². The summed E-state index contributed by atoms with van der Waals surface area (Å²) >= 11 is 11.6. The standard InChI is InChI=1S/C10H12Cl2FP/c1-10(2,3)7-5-4-6-8(13)9(7)14(11)12/h4-6H,1-3H3. The van der Waals surface area contributed by atoms with E-state index in [4.69, 9.17) is 22.5 Å². The molecule has 0 atom stereocenters. The maximum atomic E-state index is 13.5. The van der Waals surface area contributed by atoms with E-state index < -0.39 is 6.63 Å². The normalized spacial score (nSPS) is 12.2. The van der Waals surface area contributed by atoms with Gasteiger partial charge in [0.25, 0.3) is 0 Å². The molecule has 78 valence electrons. The highest BCUT2D eigenvalue weighted by atomic mass is 35.9. The first-order valence-electron chi connectivity index (χ1n) is 4.24. The van der Waals surface area contributed by atoms with E-state index >= 15 is 0 Å². The van der Waals surface area contributed by atoms with Crippen molar-refractivity contribution >= 4 is 34.4 Å². The van der Waals surface area contributed by atoms with Gasteiger partial charge in [0.2, 0.25) is 0 Å². The summed E-state index contributed by atoms with van der Waals surface area (Å²) < 4.78 is 13.5. The van der Waals surface area contributed by atoms with E-state index in [-0.39, 0.29) is 11.2 Å². The predicted octanol–water partition coefficient (Wildman–Crippen LogP) is 4.54. The Morgan fingerprint density at radius 1 is 1.21 bits per heavy atom. The van der Waals surface area contributed by atoms with Gasteiger partial charge in [-0.2, -0.15) is 0 Å². The van der Waals surface area contributed by atoms with Crippen molar-refractivity contribution < 1.29 is 4.39 Å². The molecular formula is C10H12Cl2FP. The Labute approximate surface area is 94.7 Å². The van der Waals surface area contributed by atoms with Gasteiger partial charge >= 0.3 is 0 Å². The Hall–Kier alpha value is 0.160. The molecular weight excluding hydrogens is 241 g/mol. The van der Waals surface area contributed by atoms with E-state index in [0.29, 0.717) is 5.30 Å². The van der Waals surface area contributed by atoms with Gasteiger partial charge in [-0.15, -0.1) is 0 Å². The lowest BCUT2D eigenvalue weighted by Gasteiger charge is -2.23. The van der Waals surface area contributed by atoms with Gasteiger partial charge < -0.3 is 0 Å². The minimum Gasteiger partial charge on any atom is -0.206 e. The molecule has 1 aromatic rings. The smallest absolute Gasteiger partial charge is 0.133 e. The van der Waals surface area contributed by atoms with Crippen LogP contribution in [0.15, 0.2) is 18.2 Å². The van der Waals surface area contributed by atoms with Gasteiger partial charge in [0.15, 0.2) is 0 Å². The second-order valence-electron chi connectivity index (χ2n) is 4.12. The van der Waals surface area contributed by atoms with Crippen LogP contribution < -0.4 is 5.30 Å². The molecule has 0 N–H and O–H groups in total. The average Bonchev–Trinajstić information content (AvgIpc) is 2.01. The molecule has 0 radical (unpaired) electrons. The van der Waals surface area contributed by atoms with Gasteiger partial charge in [-0.25, -0.2) is 4.39 Å². The van der Waals surface area contributed by atoms with Crippen LogP contribution in [0.5, 0.6) is 0 Å². The van der Waals surface area contributed by atoms with Crippen LogP contribution in [0.1, 0.15) is 26.3 Å². The molecule has 14 heavy (non-hydrogen) atoms. The number of hydrogen-bond acceptors (Lipinski definition) is 0. The highest BCUT2D eigenvalue weighted by Crippen LogP contribution is 2.48. The molecule has 0 fully saturated rings. The molecule has 0 aliphatic rings. The number of benzene rings is 1. The van der Waals surface area contributed by atoms with Gasteiger partial charge in [-0.1, -0.05) is 55.4 Å². The topological polar surface area (TPSA) is 0 Å².